The highest BCUT2D eigenvalue weighted by Crippen LogP contribution is 2.48. The van der Waals surface area contributed by atoms with E-state index in [0.717, 1.165) is 37.7 Å². The van der Waals surface area contributed by atoms with Crippen molar-refractivity contribution in [3.63, 3.8) is 0 Å². The van der Waals surface area contributed by atoms with Crippen LogP contribution in [0.25, 0.3) is 0 Å². The van der Waals surface area contributed by atoms with Crippen LogP contribution in [0.3, 0.4) is 0 Å². The Bertz CT molecular complexity index is 1010. The molecule has 1 aromatic rings. The lowest BCUT2D eigenvalue weighted by Gasteiger charge is -2.32. The van der Waals surface area contributed by atoms with Crippen molar-refractivity contribution >= 4 is 11.9 Å². The molecule has 0 aliphatic heterocycles. The molecule has 0 spiro atoms. The van der Waals surface area contributed by atoms with Gasteiger partial charge >= 0.3 is 11.9 Å². The zero-order valence-corrected chi connectivity index (χ0v) is 24.2. The Morgan fingerprint density at radius 2 is 1.62 bits per heavy atom. The smallest absolute Gasteiger partial charge is 0.339 e. The third-order valence-corrected chi connectivity index (χ3v) is 7.05. The summed E-state index contributed by atoms with van der Waals surface area (Å²) in [5.74, 6) is -1.96. The van der Waals surface area contributed by atoms with Gasteiger partial charge in [-0.15, -0.1) is 0 Å². The molecule has 0 fully saturated rings. The van der Waals surface area contributed by atoms with Gasteiger partial charge in [-0.05, 0) is 57.1 Å². The van der Waals surface area contributed by atoms with Gasteiger partial charge in [0.15, 0.2) is 0 Å². The Morgan fingerprint density at radius 1 is 1.00 bits per heavy atom. The molecule has 2 unspecified atom stereocenters. The highest BCUT2D eigenvalue weighted by Gasteiger charge is 2.33. The van der Waals surface area contributed by atoms with E-state index in [2.05, 4.69) is 26.5 Å². The summed E-state index contributed by atoms with van der Waals surface area (Å²) in [7, 11) is 0. The van der Waals surface area contributed by atoms with Crippen LogP contribution < -0.4 is 4.74 Å². The topological polar surface area (TPSA) is 132 Å². The molecular weight excluding hydrogens is 516 g/mol. The lowest BCUT2D eigenvalue weighted by Crippen LogP contribution is -2.20. The summed E-state index contributed by atoms with van der Waals surface area (Å²) in [5.41, 5.74) is 3.19. The molecule has 0 amide bonds. The number of hydrogen-bond acceptors (Lipinski definition) is 7. The summed E-state index contributed by atoms with van der Waals surface area (Å²) in [5, 5.41) is 30.0. The number of unbranched alkanes of at least 4 members (excludes halogenated alkanes) is 2. The fourth-order valence-electron chi connectivity index (χ4n) is 4.97. The molecule has 3 N–H and O–H groups in total. The summed E-state index contributed by atoms with van der Waals surface area (Å²) in [6.45, 7) is 12.3. The largest absolute Gasteiger partial charge is 0.507 e. The molecule has 9 nitrogen and oxygen atoms in total. The Morgan fingerprint density at radius 3 is 2.20 bits per heavy atom. The highest BCUT2D eigenvalue weighted by atomic mass is 16.6. The van der Waals surface area contributed by atoms with Crippen molar-refractivity contribution in [3.8, 4) is 11.5 Å². The second-order valence-corrected chi connectivity index (χ2v) is 10.3. The van der Waals surface area contributed by atoms with Gasteiger partial charge in [0, 0.05) is 11.5 Å². The van der Waals surface area contributed by atoms with Gasteiger partial charge in [-0.2, -0.15) is 0 Å². The maximum absolute atomic E-state index is 12.3. The standard InChI is InChI=1S/C31H46O9/c1-5-6-7-8-23-20-26(40-18-17-39-16-15-38-14-13-37-12-11-27(32)33)29(30(34)28(23)31(35)36)25-19-22(4)9-10-24(25)21(2)3/h19-20,24-25,34H,2,5-18H2,1,3-4H3,(H,32,33)(H,35,36). The van der Waals surface area contributed by atoms with Gasteiger partial charge in [-0.1, -0.05) is 43.6 Å². The molecule has 224 valence electrons. The third-order valence-electron chi connectivity index (χ3n) is 7.05. The number of rotatable bonds is 20. The fourth-order valence-corrected chi connectivity index (χ4v) is 4.97. The van der Waals surface area contributed by atoms with E-state index in [1.54, 1.807) is 6.07 Å². The molecular formula is C31H46O9. The van der Waals surface area contributed by atoms with Crippen LogP contribution in [0.5, 0.6) is 11.5 Å². The fraction of sp³-hybridized carbons (Fsp3) is 0.613. The average molecular weight is 563 g/mol. The molecule has 1 aromatic carbocycles. The Kier molecular flexibility index (Phi) is 14.8. The lowest BCUT2D eigenvalue weighted by molar-refractivity contribution is -0.138. The second-order valence-electron chi connectivity index (χ2n) is 10.3. The van der Waals surface area contributed by atoms with Gasteiger partial charge in [0.05, 0.1) is 46.1 Å². The van der Waals surface area contributed by atoms with E-state index in [1.807, 2.05) is 6.92 Å². The number of phenols is 1. The van der Waals surface area contributed by atoms with E-state index in [1.165, 1.54) is 5.57 Å². The Balaban J connectivity index is 2.11. The first kappa shape index (κ1) is 33.3. The molecule has 0 aromatic heterocycles. The van der Waals surface area contributed by atoms with E-state index in [4.69, 9.17) is 24.1 Å². The molecule has 2 atom stereocenters. The van der Waals surface area contributed by atoms with Crippen LogP contribution in [0.4, 0.5) is 0 Å². The average Bonchev–Trinajstić information content (AvgIpc) is 2.88. The van der Waals surface area contributed by atoms with Gasteiger partial charge in [0.1, 0.15) is 23.7 Å². The zero-order chi connectivity index (χ0) is 29.5. The molecule has 0 saturated heterocycles. The highest BCUT2D eigenvalue weighted by molar-refractivity contribution is 5.94. The van der Waals surface area contributed by atoms with Gasteiger partial charge in [-0.3, -0.25) is 4.79 Å². The second kappa shape index (κ2) is 17.7. The lowest BCUT2D eigenvalue weighted by atomic mass is 9.73. The maximum atomic E-state index is 12.3. The molecule has 9 heteroatoms. The van der Waals surface area contributed by atoms with Crippen LogP contribution in [-0.2, 0) is 25.4 Å². The monoisotopic (exact) mass is 562 g/mol. The summed E-state index contributed by atoms with van der Waals surface area (Å²) < 4.78 is 22.4. The molecule has 2 rings (SSSR count). The van der Waals surface area contributed by atoms with Crippen LogP contribution in [-0.4, -0.2) is 73.5 Å². The number of hydrogen-bond donors (Lipinski definition) is 3. The number of ether oxygens (including phenoxy) is 4. The van der Waals surface area contributed by atoms with Crippen molar-refractivity contribution in [1.29, 1.82) is 0 Å². The number of allylic oxidation sites excluding steroid dienone is 3. The summed E-state index contributed by atoms with van der Waals surface area (Å²) in [6.07, 6.45) is 7.19. The van der Waals surface area contributed by atoms with Gasteiger partial charge < -0.3 is 34.3 Å². The van der Waals surface area contributed by atoms with Gasteiger partial charge in [-0.25, -0.2) is 4.79 Å². The van der Waals surface area contributed by atoms with Gasteiger partial charge in [0.2, 0.25) is 0 Å². The number of aromatic hydroxyl groups is 1. The van der Waals surface area contributed by atoms with Crippen LogP contribution in [0.1, 0.15) is 86.7 Å². The number of benzene rings is 1. The van der Waals surface area contributed by atoms with Crippen molar-refractivity contribution in [2.75, 3.05) is 46.2 Å². The molecule has 0 bridgehead atoms. The van der Waals surface area contributed by atoms with E-state index in [0.29, 0.717) is 49.7 Å². The first-order chi connectivity index (χ1) is 19.2. The molecule has 1 aliphatic rings. The molecule has 40 heavy (non-hydrogen) atoms. The molecule has 0 radical (unpaired) electrons. The van der Waals surface area contributed by atoms with Crippen molar-refractivity contribution in [3.05, 3.63) is 46.6 Å². The minimum atomic E-state index is -1.14. The number of aryl methyl sites for hydroxylation is 1. The van der Waals surface area contributed by atoms with Crippen molar-refractivity contribution in [2.45, 2.75) is 71.6 Å². The van der Waals surface area contributed by atoms with Crippen LogP contribution in [0, 0.1) is 5.92 Å². The minimum Gasteiger partial charge on any atom is -0.507 e. The van der Waals surface area contributed by atoms with Crippen LogP contribution in [0.15, 0.2) is 29.9 Å². The van der Waals surface area contributed by atoms with E-state index in [9.17, 15) is 19.8 Å². The summed E-state index contributed by atoms with van der Waals surface area (Å²) in [6, 6.07) is 1.79. The minimum absolute atomic E-state index is 0.0354. The SMILES string of the molecule is C=C(C)C1CCC(C)=CC1c1c(OCCOCCOCCOCCC(=O)O)cc(CCCCC)c(C(=O)O)c1O. The Labute approximate surface area is 237 Å². The maximum Gasteiger partial charge on any atom is 0.339 e. The molecule has 0 saturated carbocycles. The van der Waals surface area contributed by atoms with Crippen molar-refractivity contribution in [2.24, 2.45) is 5.92 Å². The quantitative estimate of drug-likeness (QED) is 0.134. The Hall–Kier alpha value is -2.88. The predicted molar refractivity (Wildman–Crippen MR) is 153 cm³/mol. The van der Waals surface area contributed by atoms with E-state index in [-0.39, 0.29) is 49.4 Å². The summed E-state index contributed by atoms with van der Waals surface area (Å²) in [4.78, 5) is 22.7. The van der Waals surface area contributed by atoms with E-state index < -0.39 is 11.9 Å². The number of carboxylic acids is 2. The van der Waals surface area contributed by atoms with Crippen molar-refractivity contribution in [1.82, 2.24) is 0 Å². The van der Waals surface area contributed by atoms with E-state index >= 15 is 0 Å². The number of aromatic carboxylic acids is 1. The zero-order valence-electron chi connectivity index (χ0n) is 24.2. The van der Waals surface area contributed by atoms with Crippen LogP contribution >= 0.6 is 0 Å². The molecule has 0 heterocycles. The third kappa shape index (κ3) is 10.6. The van der Waals surface area contributed by atoms with Crippen molar-refractivity contribution < 1.29 is 43.9 Å². The first-order valence-electron chi connectivity index (χ1n) is 14.2. The van der Waals surface area contributed by atoms with Gasteiger partial charge in [0.25, 0.3) is 0 Å². The number of carboxylic acid groups (broad SMARTS) is 2. The molecule has 1 aliphatic carbocycles. The normalized spacial score (nSPS) is 16.9. The summed E-state index contributed by atoms with van der Waals surface area (Å²) >= 11 is 0. The van der Waals surface area contributed by atoms with Crippen LogP contribution in [0.2, 0.25) is 0 Å². The predicted octanol–water partition coefficient (Wildman–Crippen LogP) is 5.74. The number of carbonyl (C=O) groups is 2. The first-order valence-corrected chi connectivity index (χ1v) is 14.2. The number of aliphatic carboxylic acids is 1.